The van der Waals surface area contributed by atoms with Gasteiger partial charge in [0.2, 0.25) is 0 Å². The van der Waals surface area contributed by atoms with Crippen LogP contribution in [0.3, 0.4) is 0 Å². The highest BCUT2D eigenvalue weighted by Crippen LogP contribution is 2.45. The fourth-order valence-corrected chi connectivity index (χ4v) is 12.6. The molecule has 13 heteroatoms. The van der Waals surface area contributed by atoms with Crippen LogP contribution in [0, 0.1) is 17.8 Å². The normalized spacial score (nSPS) is 23.8. The van der Waals surface area contributed by atoms with E-state index >= 15 is 0 Å². The van der Waals surface area contributed by atoms with E-state index in [1.807, 2.05) is 18.2 Å². The number of benzene rings is 3. The number of hydrogen-bond acceptors (Lipinski definition) is 13. The van der Waals surface area contributed by atoms with Crippen LogP contribution in [-0.4, -0.2) is 106 Å². The molecule has 6 atom stereocenters. The molecule has 3 saturated heterocycles. The average molecular weight is 952 g/mol. The van der Waals surface area contributed by atoms with Gasteiger partial charge in [0.15, 0.2) is 34.5 Å². The van der Waals surface area contributed by atoms with Crippen LogP contribution in [-0.2, 0) is 57.7 Å². The lowest BCUT2D eigenvalue weighted by atomic mass is 9.75. The van der Waals surface area contributed by atoms with Gasteiger partial charge in [-0.25, -0.2) is 0 Å². The SMILES string of the molecule is CCCN1CCC[C@@H]2Cc3c(ccc(O)c3OC(C)=O)C[C@H]21.CCCN1CCC[C@@H]2Cc3c(ccc(OC(C)=O)c3O)C[C@H]21.CCCN1CCC[C@@H]2Cc3c(ccc(OC(C)=O)c3OC(C)=O)C[C@H]21. The maximum absolute atomic E-state index is 11.6. The predicted octanol–water partition coefficient (Wildman–Crippen LogP) is 8.94. The van der Waals surface area contributed by atoms with Crippen molar-refractivity contribution in [1.29, 1.82) is 0 Å². The molecule has 0 radical (unpaired) electrons. The molecule has 0 aromatic heterocycles. The first-order valence-corrected chi connectivity index (χ1v) is 26.0. The van der Waals surface area contributed by atoms with Crippen molar-refractivity contribution in [3.63, 3.8) is 0 Å². The van der Waals surface area contributed by atoms with Crippen LogP contribution in [0.15, 0.2) is 36.4 Å². The number of esters is 4. The van der Waals surface area contributed by atoms with Gasteiger partial charge in [0, 0.05) is 62.5 Å². The summed E-state index contributed by atoms with van der Waals surface area (Å²) in [6, 6.07) is 12.9. The van der Waals surface area contributed by atoms with E-state index in [1.165, 1.54) is 122 Å². The highest BCUT2D eigenvalue weighted by molar-refractivity contribution is 5.75. The van der Waals surface area contributed by atoms with Gasteiger partial charge in [-0.15, -0.1) is 0 Å². The van der Waals surface area contributed by atoms with Gasteiger partial charge < -0.3 is 29.2 Å². The summed E-state index contributed by atoms with van der Waals surface area (Å²) in [7, 11) is 0. The molecule has 0 bridgehead atoms. The molecule has 69 heavy (non-hydrogen) atoms. The van der Waals surface area contributed by atoms with E-state index in [0.29, 0.717) is 58.9 Å². The number of carbonyl (C=O) groups is 4. The number of rotatable bonds is 10. The van der Waals surface area contributed by atoms with Gasteiger partial charge >= 0.3 is 23.9 Å². The largest absolute Gasteiger partial charge is 0.504 e. The molecule has 3 aromatic rings. The minimum absolute atomic E-state index is 0.0774. The molecular weight excluding hydrogens is 875 g/mol. The molecule has 13 nitrogen and oxygen atoms in total. The second-order valence-electron chi connectivity index (χ2n) is 20.2. The summed E-state index contributed by atoms with van der Waals surface area (Å²) < 4.78 is 21.2. The number of nitrogens with zero attached hydrogens (tertiary/aromatic N) is 3. The number of piperidine rings is 3. The lowest BCUT2D eigenvalue weighted by molar-refractivity contribution is -0.134. The van der Waals surface area contributed by atoms with Gasteiger partial charge in [-0.05, 0) is 188 Å². The van der Waals surface area contributed by atoms with Gasteiger partial charge in [-0.2, -0.15) is 0 Å². The van der Waals surface area contributed by atoms with Gasteiger partial charge in [0.25, 0.3) is 0 Å². The molecule has 3 aliphatic carbocycles. The Morgan fingerprint density at radius 1 is 0.478 bits per heavy atom. The summed E-state index contributed by atoms with van der Waals surface area (Å²) in [6.07, 6.45) is 16.5. The van der Waals surface area contributed by atoms with Crippen molar-refractivity contribution >= 4 is 23.9 Å². The van der Waals surface area contributed by atoms with Crippen molar-refractivity contribution in [2.24, 2.45) is 17.8 Å². The summed E-state index contributed by atoms with van der Waals surface area (Å²) in [6.45, 7) is 19.2. The monoisotopic (exact) mass is 952 g/mol. The smallest absolute Gasteiger partial charge is 0.308 e. The number of hydrogen-bond donors (Lipinski definition) is 2. The zero-order valence-corrected chi connectivity index (χ0v) is 42.3. The fraction of sp³-hybridized carbons (Fsp3) is 0.607. The van der Waals surface area contributed by atoms with Crippen LogP contribution in [0.2, 0.25) is 0 Å². The average Bonchev–Trinajstić information content (AvgIpc) is 3.31. The summed E-state index contributed by atoms with van der Waals surface area (Å²) in [5.74, 6) is 1.92. The number of aromatic hydroxyl groups is 2. The molecule has 0 amide bonds. The summed E-state index contributed by atoms with van der Waals surface area (Å²) in [5.41, 5.74) is 6.69. The molecule has 6 aliphatic rings. The van der Waals surface area contributed by atoms with E-state index in [2.05, 4.69) is 35.5 Å². The standard InChI is InChI=1S/C20H27NO4.2C18H25NO3/c1-4-9-21-10-5-6-16-11-17-15(12-18(16)21)7-8-19(24-13(2)22)20(17)25-14(3)23;1-3-8-19-9-4-5-14-10-15-13(11-16(14)19)6-7-17(18(15)21)22-12(2)20;1-3-8-19-9-4-5-14-10-15-13(11-16(14)19)6-7-17(21)18(15)22-12(2)20/h7-8,16,18H,4-6,9-12H2,1-3H3;2*6-7,14,16,21H,3-5,8-11H2,1-2H3/t16-,18-;2*14-,16-/m111/s1. The predicted molar refractivity (Wildman–Crippen MR) is 265 cm³/mol. The molecule has 9 rings (SSSR count). The minimum atomic E-state index is -0.408. The maximum Gasteiger partial charge on any atom is 0.308 e. The number of phenolic OH excluding ortho intramolecular Hbond substituents is 2. The van der Waals surface area contributed by atoms with Gasteiger partial charge in [0.05, 0.1) is 0 Å². The van der Waals surface area contributed by atoms with Crippen LogP contribution in [0.5, 0.6) is 34.5 Å². The van der Waals surface area contributed by atoms with E-state index in [1.54, 1.807) is 18.2 Å². The summed E-state index contributed by atoms with van der Waals surface area (Å²) in [4.78, 5) is 53.3. The van der Waals surface area contributed by atoms with Crippen LogP contribution in [0.1, 0.15) is 140 Å². The van der Waals surface area contributed by atoms with Gasteiger partial charge in [0.1, 0.15) is 0 Å². The highest BCUT2D eigenvalue weighted by Gasteiger charge is 2.40. The molecule has 3 aliphatic heterocycles. The zero-order valence-electron chi connectivity index (χ0n) is 42.3. The van der Waals surface area contributed by atoms with Crippen LogP contribution >= 0.6 is 0 Å². The van der Waals surface area contributed by atoms with Gasteiger partial charge in [-0.3, -0.25) is 33.9 Å². The number of phenols is 2. The zero-order chi connectivity index (χ0) is 49.4. The fourth-order valence-electron chi connectivity index (χ4n) is 12.6. The number of ether oxygens (including phenoxy) is 4. The van der Waals surface area contributed by atoms with Crippen molar-refractivity contribution < 1.29 is 48.3 Å². The Kier molecular flexibility index (Phi) is 17.9. The Morgan fingerprint density at radius 2 is 0.841 bits per heavy atom. The molecule has 2 N–H and O–H groups in total. The van der Waals surface area contributed by atoms with E-state index in [4.69, 9.17) is 18.9 Å². The van der Waals surface area contributed by atoms with Gasteiger partial charge in [-0.1, -0.05) is 39.0 Å². The summed E-state index contributed by atoms with van der Waals surface area (Å²) >= 11 is 0. The third-order valence-corrected chi connectivity index (χ3v) is 15.3. The van der Waals surface area contributed by atoms with Crippen molar-refractivity contribution in [3.05, 3.63) is 69.8 Å². The van der Waals surface area contributed by atoms with E-state index in [0.717, 1.165) is 74.8 Å². The van der Waals surface area contributed by atoms with Crippen LogP contribution < -0.4 is 18.9 Å². The highest BCUT2D eigenvalue weighted by atomic mass is 16.6. The molecule has 3 heterocycles. The molecule has 3 aromatic carbocycles. The Labute approximate surface area is 409 Å². The third kappa shape index (κ3) is 12.5. The molecule has 3 fully saturated rings. The van der Waals surface area contributed by atoms with E-state index in [-0.39, 0.29) is 23.4 Å². The number of likely N-dealkylation sites (tertiary alicyclic amines) is 3. The van der Waals surface area contributed by atoms with Crippen LogP contribution in [0.25, 0.3) is 0 Å². The number of fused-ring (bicyclic) bond motifs is 6. The van der Waals surface area contributed by atoms with E-state index < -0.39 is 11.9 Å². The molecule has 0 saturated carbocycles. The summed E-state index contributed by atoms with van der Waals surface area (Å²) in [5, 5.41) is 20.5. The molecular formula is C56H77N3O10. The van der Waals surface area contributed by atoms with Crippen molar-refractivity contribution in [2.45, 2.75) is 163 Å². The lowest BCUT2D eigenvalue weighted by Gasteiger charge is -2.45. The minimum Gasteiger partial charge on any atom is -0.504 e. The first-order valence-electron chi connectivity index (χ1n) is 26.0. The van der Waals surface area contributed by atoms with E-state index in [9.17, 15) is 29.4 Å². The molecule has 0 unspecified atom stereocenters. The quantitative estimate of drug-likeness (QED) is 0.147. The first-order chi connectivity index (χ1) is 33.2. The third-order valence-electron chi connectivity index (χ3n) is 15.3. The Morgan fingerprint density at radius 3 is 1.28 bits per heavy atom. The Bertz CT molecular complexity index is 2310. The topological polar surface area (TPSA) is 155 Å². The molecule has 0 spiro atoms. The Hall–Kier alpha value is -4.98. The lowest BCUT2D eigenvalue weighted by Crippen LogP contribution is -2.49. The maximum atomic E-state index is 11.6. The first kappa shape index (κ1) is 51.9. The van der Waals surface area contributed by atoms with Crippen LogP contribution in [0.4, 0.5) is 0 Å². The number of carbonyl (C=O) groups excluding carboxylic acids is 4. The van der Waals surface area contributed by atoms with Crippen molar-refractivity contribution in [3.8, 4) is 34.5 Å². The second kappa shape index (κ2) is 23.8. The molecule has 376 valence electrons. The van der Waals surface area contributed by atoms with Crippen molar-refractivity contribution in [2.75, 3.05) is 39.3 Å². The van der Waals surface area contributed by atoms with Crippen molar-refractivity contribution in [1.82, 2.24) is 14.7 Å². The second-order valence-corrected chi connectivity index (χ2v) is 20.2. The Balaban J connectivity index is 0.000000153.